The van der Waals surface area contributed by atoms with Gasteiger partial charge in [0.2, 0.25) is 0 Å². The molecule has 2 rings (SSSR count). The minimum Gasteiger partial charge on any atom is -0.465 e. The average Bonchev–Trinajstić information content (AvgIpc) is 2.78. The van der Waals surface area contributed by atoms with Crippen LogP contribution in [0.15, 0.2) is 30.5 Å². The van der Waals surface area contributed by atoms with Crippen LogP contribution in [0.1, 0.15) is 5.69 Å². The molecule has 1 amide bonds. The molecule has 84 valence electrons. The molecule has 2 aromatic rings. The molecule has 0 aliphatic heterocycles. The number of imidazole rings is 1. The summed E-state index contributed by atoms with van der Waals surface area (Å²) in [6.45, 7) is 0. The Balaban J connectivity index is 2.23. The lowest BCUT2D eigenvalue weighted by Gasteiger charge is -2.01. The Morgan fingerprint density at radius 3 is 2.65 bits per heavy atom. The summed E-state index contributed by atoms with van der Waals surface area (Å²) in [5.74, 6) is 0.573. The lowest BCUT2D eigenvalue weighted by atomic mass is 10.2. The number of hydrogen-bond donors (Lipinski definition) is 3. The number of H-pyrrole nitrogens is 1. The Kier molecular flexibility index (Phi) is 2.75. The number of aromatic nitrogens is 2. The quantitative estimate of drug-likeness (QED) is 0.731. The Bertz CT molecular complexity index is 580. The van der Waals surface area contributed by atoms with Gasteiger partial charge in [0.05, 0.1) is 0 Å². The average molecular weight is 228 g/mol. The van der Waals surface area contributed by atoms with Crippen LogP contribution in [0.3, 0.4) is 0 Å². The molecule has 17 heavy (non-hydrogen) atoms. The van der Waals surface area contributed by atoms with E-state index in [1.165, 1.54) is 6.20 Å². The van der Waals surface area contributed by atoms with Crippen molar-refractivity contribution in [1.82, 2.24) is 9.97 Å². The van der Waals surface area contributed by atoms with Gasteiger partial charge >= 0.3 is 6.09 Å². The van der Waals surface area contributed by atoms with Crippen molar-refractivity contribution in [2.45, 2.75) is 0 Å². The highest BCUT2D eigenvalue weighted by Crippen LogP contribution is 2.18. The van der Waals surface area contributed by atoms with Gasteiger partial charge in [-0.15, -0.1) is 0 Å². The topological polar surface area (TPSA) is 102 Å². The van der Waals surface area contributed by atoms with Gasteiger partial charge in [-0.05, 0) is 24.3 Å². The van der Waals surface area contributed by atoms with E-state index in [0.29, 0.717) is 17.2 Å². The molecule has 0 saturated heterocycles. The van der Waals surface area contributed by atoms with Gasteiger partial charge in [-0.2, -0.15) is 5.26 Å². The van der Waals surface area contributed by atoms with Crippen molar-refractivity contribution in [2.75, 3.05) is 5.32 Å². The summed E-state index contributed by atoms with van der Waals surface area (Å²) in [7, 11) is 0. The van der Waals surface area contributed by atoms with Gasteiger partial charge in [0.25, 0.3) is 0 Å². The number of aromatic amines is 1. The molecule has 0 fully saturated rings. The molecule has 0 bridgehead atoms. The predicted molar refractivity (Wildman–Crippen MR) is 60.4 cm³/mol. The molecule has 3 N–H and O–H groups in total. The van der Waals surface area contributed by atoms with E-state index < -0.39 is 6.09 Å². The van der Waals surface area contributed by atoms with Crippen LogP contribution >= 0.6 is 0 Å². The van der Waals surface area contributed by atoms with E-state index in [4.69, 9.17) is 10.4 Å². The third-order valence-corrected chi connectivity index (χ3v) is 2.10. The lowest BCUT2D eigenvalue weighted by Crippen LogP contribution is -2.06. The predicted octanol–water partition coefficient (Wildman–Crippen LogP) is 2.04. The van der Waals surface area contributed by atoms with E-state index >= 15 is 0 Å². The van der Waals surface area contributed by atoms with Crippen molar-refractivity contribution >= 4 is 11.8 Å². The minimum atomic E-state index is -1.11. The van der Waals surface area contributed by atoms with Gasteiger partial charge in [-0.25, -0.2) is 9.78 Å². The Hall–Kier alpha value is -2.81. The molecular weight excluding hydrogens is 220 g/mol. The molecule has 0 saturated carbocycles. The third-order valence-electron chi connectivity index (χ3n) is 2.10. The summed E-state index contributed by atoms with van der Waals surface area (Å²) in [4.78, 5) is 17.3. The van der Waals surface area contributed by atoms with Crippen LogP contribution in [-0.4, -0.2) is 21.2 Å². The maximum Gasteiger partial charge on any atom is 0.409 e. The standard InChI is InChI=1S/C11H8N4O2/c12-5-9-6-13-10(14-9)7-1-3-8(4-2-7)15-11(16)17/h1-4,6,15H,(H,13,14)(H,16,17). The smallest absolute Gasteiger partial charge is 0.409 e. The van der Waals surface area contributed by atoms with Gasteiger partial charge < -0.3 is 10.1 Å². The number of hydrogen-bond acceptors (Lipinski definition) is 3. The first kappa shape index (κ1) is 10.7. The van der Waals surface area contributed by atoms with Crippen molar-refractivity contribution < 1.29 is 9.90 Å². The summed E-state index contributed by atoms with van der Waals surface area (Å²) in [5, 5.41) is 19.4. The number of amides is 1. The fourth-order valence-corrected chi connectivity index (χ4v) is 1.36. The summed E-state index contributed by atoms with van der Waals surface area (Å²) >= 11 is 0. The maximum absolute atomic E-state index is 10.4. The fraction of sp³-hybridized carbons (Fsp3) is 0. The second kappa shape index (κ2) is 4.37. The van der Waals surface area contributed by atoms with Crippen molar-refractivity contribution in [1.29, 1.82) is 5.26 Å². The molecule has 0 unspecified atom stereocenters. The molecule has 6 heteroatoms. The number of carbonyl (C=O) groups is 1. The van der Waals surface area contributed by atoms with E-state index in [1.54, 1.807) is 24.3 Å². The number of anilines is 1. The number of rotatable bonds is 2. The second-order valence-corrected chi connectivity index (χ2v) is 3.25. The van der Waals surface area contributed by atoms with Crippen LogP contribution in [-0.2, 0) is 0 Å². The Labute approximate surface area is 96.5 Å². The largest absolute Gasteiger partial charge is 0.465 e. The number of carboxylic acid groups (broad SMARTS) is 1. The van der Waals surface area contributed by atoms with E-state index in [9.17, 15) is 4.79 Å². The summed E-state index contributed by atoms with van der Waals surface area (Å²) in [5.41, 5.74) is 1.57. The van der Waals surface area contributed by atoms with Crippen LogP contribution in [0.2, 0.25) is 0 Å². The molecule has 1 aromatic heterocycles. The van der Waals surface area contributed by atoms with Crippen LogP contribution in [0, 0.1) is 11.3 Å². The van der Waals surface area contributed by atoms with Gasteiger partial charge in [0.1, 0.15) is 11.9 Å². The van der Waals surface area contributed by atoms with Gasteiger partial charge in [-0.3, -0.25) is 5.32 Å². The van der Waals surface area contributed by atoms with Crippen LogP contribution in [0.5, 0.6) is 0 Å². The monoisotopic (exact) mass is 228 g/mol. The minimum absolute atomic E-state index is 0.313. The zero-order valence-electron chi connectivity index (χ0n) is 8.64. The van der Waals surface area contributed by atoms with Gasteiger partial charge in [0.15, 0.2) is 5.69 Å². The van der Waals surface area contributed by atoms with Gasteiger partial charge in [-0.1, -0.05) is 0 Å². The summed E-state index contributed by atoms with van der Waals surface area (Å²) < 4.78 is 0. The number of benzene rings is 1. The molecular formula is C11H8N4O2. The zero-order chi connectivity index (χ0) is 12.3. The first-order valence-corrected chi connectivity index (χ1v) is 4.75. The molecule has 0 spiro atoms. The molecule has 0 aliphatic carbocycles. The van der Waals surface area contributed by atoms with Crippen molar-refractivity contribution in [3.63, 3.8) is 0 Å². The molecule has 0 atom stereocenters. The maximum atomic E-state index is 10.4. The molecule has 1 aromatic carbocycles. The summed E-state index contributed by atoms with van der Waals surface area (Å²) in [6, 6.07) is 8.60. The number of nitrogens with one attached hydrogen (secondary N) is 2. The number of nitrogens with zero attached hydrogens (tertiary/aromatic N) is 2. The van der Waals surface area contributed by atoms with E-state index in [0.717, 1.165) is 5.56 Å². The summed E-state index contributed by atoms with van der Waals surface area (Å²) in [6.07, 6.45) is 0.404. The highest BCUT2D eigenvalue weighted by atomic mass is 16.4. The first-order chi connectivity index (χ1) is 8.19. The second-order valence-electron chi connectivity index (χ2n) is 3.25. The van der Waals surface area contributed by atoms with E-state index in [-0.39, 0.29) is 0 Å². The van der Waals surface area contributed by atoms with Crippen LogP contribution < -0.4 is 5.32 Å². The highest BCUT2D eigenvalue weighted by molar-refractivity contribution is 5.83. The van der Waals surface area contributed by atoms with E-state index in [1.807, 2.05) is 6.07 Å². The van der Waals surface area contributed by atoms with Crippen LogP contribution in [0.4, 0.5) is 10.5 Å². The fourth-order valence-electron chi connectivity index (χ4n) is 1.36. The number of nitriles is 1. The molecule has 0 radical (unpaired) electrons. The van der Waals surface area contributed by atoms with Crippen molar-refractivity contribution in [3.8, 4) is 17.5 Å². The normalized spacial score (nSPS) is 9.59. The van der Waals surface area contributed by atoms with Gasteiger partial charge in [0, 0.05) is 17.4 Å². The molecule has 0 aliphatic rings. The molecule has 1 heterocycles. The first-order valence-electron chi connectivity index (χ1n) is 4.75. The Morgan fingerprint density at radius 1 is 1.41 bits per heavy atom. The lowest BCUT2D eigenvalue weighted by molar-refractivity contribution is 0.210. The zero-order valence-corrected chi connectivity index (χ0v) is 8.64. The third kappa shape index (κ3) is 2.41. The highest BCUT2D eigenvalue weighted by Gasteiger charge is 2.04. The van der Waals surface area contributed by atoms with Crippen molar-refractivity contribution in [3.05, 3.63) is 36.2 Å². The SMILES string of the molecule is N#Cc1c[nH]c(-c2ccc(NC(=O)O)cc2)n1. The Morgan fingerprint density at radius 2 is 2.12 bits per heavy atom. The molecule has 6 nitrogen and oxygen atoms in total. The van der Waals surface area contributed by atoms with E-state index in [2.05, 4.69) is 15.3 Å². The van der Waals surface area contributed by atoms with Crippen molar-refractivity contribution in [2.24, 2.45) is 0 Å². The van der Waals surface area contributed by atoms with Crippen LogP contribution in [0.25, 0.3) is 11.4 Å².